The molecule has 256 valence electrons. The number of para-hydroxylation sites is 1. The van der Waals surface area contributed by atoms with Crippen LogP contribution in [0, 0.1) is 32.8 Å². The number of hydrogen-bond acceptors (Lipinski definition) is 8. The van der Waals surface area contributed by atoms with Crippen LogP contribution in [0.3, 0.4) is 0 Å². The van der Waals surface area contributed by atoms with Gasteiger partial charge in [0.25, 0.3) is 0 Å². The molecule has 2 unspecified atom stereocenters. The summed E-state index contributed by atoms with van der Waals surface area (Å²) in [7, 11) is -10.4. The lowest BCUT2D eigenvalue weighted by molar-refractivity contribution is -0.141. The van der Waals surface area contributed by atoms with Crippen LogP contribution in [0.25, 0.3) is 0 Å². The van der Waals surface area contributed by atoms with E-state index < -0.39 is 83.8 Å². The fourth-order valence-corrected chi connectivity index (χ4v) is 8.93. The van der Waals surface area contributed by atoms with Crippen LogP contribution in [0.15, 0.2) is 107 Å². The van der Waals surface area contributed by atoms with Crippen molar-refractivity contribution in [3.05, 3.63) is 152 Å². The standard InChI is InChI=1S/C35H21F4IO8S2/c36-29-31(38)34(49(42,43)44)32(39)30(37)33(29)47-35(41)28-26-21-9-3-1-7-19(21)25(20-8-2-4-10-22(20)26)27(28)23-11-5-6-12-24(23)48-50(45,46)18-15-13-17(40)14-16-18/h1-16,25-28H,(H,42,43,44)/p-1. The molecule has 0 N–H and O–H groups in total. The molecule has 0 fully saturated rings. The van der Waals surface area contributed by atoms with Crippen LogP contribution in [0.1, 0.15) is 45.6 Å². The van der Waals surface area contributed by atoms with E-state index in [9.17, 15) is 35.0 Å². The number of halogens is 5. The Kier molecular flexibility index (Phi) is 8.52. The molecule has 5 aromatic rings. The summed E-state index contributed by atoms with van der Waals surface area (Å²) in [4.78, 5) is 11.7. The third-order valence-electron chi connectivity index (χ3n) is 8.92. The normalized spacial score (nSPS) is 19.4. The quantitative estimate of drug-likeness (QED) is 0.0323. The lowest BCUT2D eigenvalue weighted by Crippen LogP contribution is -2.44. The molecule has 0 spiro atoms. The van der Waals surface area contributed by atoms with Crippen LogP contribution in [-0.2, 0) is 25.0 Å². The average Bonchev–Trinajstić information content (AvgIpc) is 3.08. The van der Waals surface area contributed by atoms with E-state index in [0.29, 0.717) is 11.1 Å². The zero-order chi connectivity index (χ0) is 35.7. The number of fused-ring (bicyclic) bond motifs is 1. The topological polar surface area (TPSA) is 127 Å². The van der Waals surface area contributed by atoms with Gasteiger partial charge in [0.1, 0.15) is 25.7 Å². The number of ether oxygens (including phenoxy) is 1. The third kappa shape index (κ3) is 5.56. The molecule has 3 aliphatic rings. The number of benzene rings is 5. The van der Waals surface area contributed by atoms with Crippen LogP contribution >= 0.6 is 22.6 Å². The van der Waals surface area contributed by atoms with Gasteiger partial charge in [0.15, 0.2) is 11.6 Å². The molecular weight excluding hydrogens is 815 g/mol. The largest absolute Gasteiger partial charge is 0.744 e. The number of esters is 1. The van der Waals surface area contributed by atoms with E-state index in [4.69, 9.17) is 8.92 Å². The van der Waals surface area contributed by atoms with Gasteiger partial charge in [-0.15, -0.1) is 0 Å². The average molecular weight is 836 g/mol. The summed E-state index contributed by atoms with van der Waals surface area (Å²) < 4.78 is 132. The maximum atomic E-state index is 15.1. The molecular formula is C35H20F4IO8S2-. The maximum Gasteiger partial charge on any atom is 0.339 e. The molecule has 0 aromatic heterocycles. The second-order valence-corrected chi connectivity index (χ2v) is 15.7. The minimum atomic E-state index is -6.02. The Balaban J connectivity index is 1.41. The molecule has 5 aromatic carbocycles. The van der Waals surface area contributed by atoms with Gasteiger partial charge >= 0.3 is 16.1 Å². The van der Waals surface area contributed by atoms with Crippen molar-refractivity contribution in [2.45, 2.75) is 27.5 Å². The number of rotatable bonds is 7. The number of carbonyl (C=O) groups excluding carboxylic acids is 1. The second-order valence-electron chi connectivity index (χ2n) is 11.6. The first-order chi connectivity index (χ1) is 23.7. The second kappa shape index (κ2) is 12.5. The van der Waals surface area contributed by atoms with E-state index in [0.717, 1.165) is 14.7 Å². The van der Waals surface area contributed by atoms with Gasteiger partial charge < -0.3 is 13.5 Å². The molecule has 8 nitrogen and oxygen atoms in total. The fourth-order valence-electron chi connectivity index (χ4n) is 7.00. The number of hydrogen-bond donors (Lipinski definition) is 0. The highest BCUT2D eigenvalue weighted by molar-refractivity contribution is 14.1. The van der Waals surface area contributed by atoms with E-state index in [1.807, 2.05) is 34.7 Å². The molecule has 3 aliphatic carbocycles. The van der Waals surface area contributed by atoms with E-state index in [1.54, 1.807) is 54.6 Å². The monoisotopic (exact) mass is 835 g/mol. The third-order valence-corrected chi connectivity index (χ3v) is 11.8. The van der Waals surface area contributed by atoms with Gasteiger partial charge in [0, 0.05) is 26.9 Å². The lowest BCUT2D eigenvalue weighted by atomic mass is 9.53. The minimum absolute atomic E-state index is 0.150. The van der Waals surface area contributed by atoms with Crippen molar-refractivity contribution in [2.24, 2.45) is 5.92 Å². The van der Waals surface area contributed by atoms with Gasteiger partial charge in [0.2, 0.25) is 17.4 Å². The highest BCUT2D eigenvalue weighted by Crippen LogP contribution is 2.63. The van der Waals surface area contributed by atoms with Gasteiger partial charge in [0.05, 0.1) is 5.92 Å². The molecule has 0 heterocycles. The van der Waals surface area contributed by atoms with Crippen molar-refractivity contribution < 1.29 is 52.7 Å². The molecule has 15 heteroatoms. The highest BCUT2D eigenvalue weighted by Gasteiger charge is 2.55. The van der Waals surface area contributed by atoms with Crippen LogP contribution in [-0.4, -0.2) is 27.4 Å². The van der Waals surface area contributed by atoms with Crippen molar-refractivity contribution >= 4 is 48.8 Å². The molecule has 0 aliphatic heterocycles. The van der Waals surface area contributed by atoms with Crippen molar-refractivity contribution in [1.82, 2.24) is 0 Å². The summed E-state index contributed by atoms with van der Waals surface area (Å²) in [6, 6.07) is 26.0. The molecule has 0 saturated heterocycles. The SMILES string of the molecule is O=C(Oc1c(F)c(F)c(S(=O)(=O)[O-])c(F)c1F)C1C2c3ccccc3C(c3ccccc32)C1c1ccccc1OS(=O)(=O)c1ccc(I)cc1. The molecule has 0 amide bonds. The van der Waals surface area contributed by atoms with Crippen LogP contribution in [0.4, 0.5) is 17.6 Å². The summed E-state index contributed by atoms with van der Waals surface area (Å²) in [6.45, 7) is 0. The predicted octanol–water partition coefficient (Wildman–Crippen LogP) is 7.12. The summed E-state index contributed by atoms with van der Waals surface area (Å²) in [5.74, 6) is -17.4. The molecule has 0 saturated carbocycles. The van der Waals surface area contributed by atoms with Crippen molar-refractivity contribution in [3.8, 4) is 11.5 Å². The van der Waals surface area contributed by atoms with E-state index >= 15 is 8.78 Å². The first-order valence-electron chi connectivity index (χ1n) is 14.7. The van der Waals surface area contributed by atoms with Gasteiger partial charge in [-0.05, 0) is 75.2 Å². The summed E-state index contributed by atoms with van der Waals surface area (Å²) in [5.41, 5.74) is 3.02. The zero-order valence-electron chi connectivity index (χ0n) is 25.0. The summed E-state index contributed by atoms with van der Waals surface area (Å²) in [5, 5.41) is 0. The lowest BCUT2D eigenvalue weighted by Gasteiger charge is -2.50. The van der Waals surface area contributed by atoms with Gasteiger partial charge in [-0.25, -0.2) is 17.2 Å². The van der Waals surface area contributed by atoms with Crippen molar-refractivity contribution in [2.75, 3.05) is 0 Å². The molecule has 8 rings (SSSR count). The first kappa shape index (κ1) is 34.1. The Bertz CT molecular complexity index is 2360. The van der Waals surface area contributed by atoms with Gasteiger partial charge in [-0.3, -0.25) is 4.79 Å². The highest BCUT2D eigenvalue weighted by atomic mass is 127. The van der Waals surface area contributed by atoms with Gasteiger partial charge in [-0.1, -0.05) is 66.7 Å². The Labute approximate surface area is 296 Å². The van der Waals surface area contributed by atoms with Gasteiger partial charge in [-0.2, -0.15) is 17.2 Å². The maximum absolute atomic E-state index is 15.1. The Morgan fingerprint density at radius 2 is 1.10 bits per heavy atom. The summed E-state index contributed by atoms with van der Waals surface area (Å²) in [6.07, 6.45) is 0. The fraction of sp³-hybridized carbons (Fsp3) is 0.114. The van der Waals surface area contributed by atoms with Crippen molar-refractivity contribution in [3.63, 3.8) is 0 Å². The molecule has 50 heavy (non-hydrogen) atoms. The van der Waals surface area contributed by atoms with E-state index in [-0.39, 0.29) is 16.2 Å². The zero-order valence-corrected chi connectivity index (χ0v) is 28.8. The van der Waals surface area contributed by atoms with E-state index in [1.165, 1.54) is 30.3 Å². The van der Waals surface area contributed by atoms with Crippen LogP contribution in [0.5, 0.6) is 11.5 Å². The first-order valence-corrected chi connectivity index (χ1v) is 18.6. The van der Waals surface area contributed by atoms with E-state index in [2.05, 4.69) is 0 Å². The Morgan fingerprint density at radius 3 is 1.60 bits per heavy atom. The van der Waals surface area contributed by atoms with Crippen LogP contribution in [0.2, 0.25) is 0 Å². The molecule has 2 atom stereocenters. The smallest absolute Gasteiger partial charge is 0.339 e. The molecule has 0 radical (unpaired) electrons. The number of carbonyl (C=O) groups is 1. The van der Waals surface area contributed by atoms with Crippen molar-refractivity contribution in [1.29, 1.82) is 0 Å². The predicted molar refractivity (Wildman–Crippen MR) is 176 cm³/mol. The molecule has 2 bridgehead atoms. The Morgan fingerprint density at radius 1 is 0.640 bits per heavy atom. The minimum Gasteiger partial charge on any atom is -0.744 e. The summed E-state index contributed by atoms with van der Waals surface area (Å²) >= 11 is 2.01. The van der Waals surface area contributed by atoms with Crippen LogP contribution < -0.4 is 8.92 Å². The Hall–Kier alpha value is -4.32.